The van der Waals surface area contributed by atoms with Gasteiger partial charge < -0.3 is 15.7 Å². The molecule has 0 fully saturated rings. The van der Waals surface area contributed by atoms with Crippen LogP contribution in [-0.2, 0) is 25.4 Å². The number of hydrogen-bond acceptors (Lipinski definition) is 4. The third kappa shape index (κ3) is 5.21. The highest BCUT2D eigenvalue weighted by Crippen LogP contribution is 2.30. The number of aliphatic hydroxyl groups is 1. The van der Waals surface area contributed by atoms with Crippen molar-refractivity contribution in [3.63, 3.8) is 0 Å². The van der Waals surface area contributed by atoms with Gasteiger partial charge in [0, 0.05) is 25.4 Å². The van der Waals surface area contributed by atoms with Crippen LogP contribution in [0.5, 0.6) is 0 Å². The molecule has 0 radical (unpaired) electrons. The highest BCUT2D eigenvalue weighted by molar-refractivity contribution is 7.08. The topological polar surface area (TPSA) is 74.5 Å². The van der Waals surface area contributed by atoms with Crippen molar-refractivity contribution in [2.24, 2.45) is 12.0 Å². The molecule has 144 valence electrons. The Morgan fingerprint density at radius 3 is 2.69 bits per heavy atom. The quantitative estimate of drug-likeness (QED) is 0.524. The average Bonchev–Trinajstić information content (AvgIpc) is 3.19. The first-order valence-electron chi connectivity index (χ1n) is 8.00. The van der Waals surface area contributed by atoms with Crippen molar-refractivity contribution in [2.75, 3.05) is 13.1 Å². The molecule has 0 amide bonds. The zero-order chi connectivity index (χ0) is 19.4. The molecular formula is C16H22F3N5OS. The number of alkyl halides is 3. The fourth-order valence-corrected chi connectivity index (χ4v) is 3.11. The van der Waals surface area contributed by atoms with E-state index in [-0.39, 0.29) is 18.7 Å². The smallest absolute Gasteiger partial charge is 0.384 e. The molecule has 2 rings (SSSR count). The SMILES string of the molecule is CCNC(=NCc1cn(C)nc1C(F)(F)F)NCC(C)(O)c1ccsc1. The number of aromatic nitrogens is 2. The summed E-state index contributed by atoms with van der Waals surface area (Å²) in [5.74, 6) is 0.319. The molecule has 2 heterocycles. The number of guanidine groups is 1. The second kappa shape index (κ2) is 8.09. The molecular weight excluding hydrogens is 367 g/mol. The molecule has 0 aliphatic carbocycles. The number of nitrogens with zero attached hydrogens (tertiary/aromatic N) is 3. The van der Waals surface area contributed by atoms with E-state index < -0.39 is 17.5 Å². The maximum absolute atomic E-state index is 13.0. The van der Waals surface area contributed by atoms with E-state index in [4.69, 9.17) is 0 Å². The van der Waals surface area contributed by atoms with Gasteiger partial charge in [-0.1, -0.05) is 0 Å². The van der Waals surface area contributed by atoms with Gasteiger partial charge in [-0.25, -0.2) is 4.99 Å². The fraction of sp³-hybridized carbons (Fsp3) is 0.500. The van der Waals surface area contributed by atoms with Crippen molar-refractivity contribution in [2.45, 2.75) is 32.2 Å². The Balaban J connectivity index is 2.10. The van der Waals surface area contributed by atoms with Crippen LogP contribution in [0.1, 0.15) is 30.7 Å². The lowest BCUT2D eigenvalue weighted by Crippen LogP contribution is -2.44. The summed E-state index contributed by atoms with van der Waals surface area (Å²) in [6.07, 6.45) is -3.22. The van der Waals surface area contributed by atoms with Crippen LogP contribution in [0, 0.1) is 0 Å². The fourth-order valence-electron chi connectivity index (χ4n) is 2.33. The van der Waals surface area contributed by atoms with Gasteiger partial charge in [-0.2, -0.15) is 29.6 Å². The van der Waals surface area contributed by atoms with E-state index in [2.05, 4.69) is 20.7 Å². The molecule has 1 atom stereocenters. The molecule has 0 saturated carbocycles. The van der Waals surface area contributed by atoms with Crippen LogP contribution in [0.4, 0.5) is 13.2 Å². The van der Waals surface area contributed by atoms with E-state index in [9.17, 15) is 18.3 Å². The third-order valence-electron chi connectivity index (χ3n) is 3.67. The van der Waals surface area contributed by atoms with Crippen LogP contribution in [0.3, 0.4) is 0 Å². The normalized spacial score (nSPS) is 15.0. The Hall–Kier alpha value is -2.07. The largest absolute Gasteiger partial charge is 0.435 e. The standard InChI is InChI=1S/C16H22F3N5OS/c1-4-20-14(22-10-15(2,25)12-5-6-26-9-12)21-7-11-8-24(3)23-13(11)16(17,18)19/h5-6,8-9,25H,4,7,10H2,1-3H3,(H2,20,21,22). The Morgan fingerprint density at radius 1 is 1.38 bits per heavy atom. The molecule has 0 aliphatic rings. The van der Waals surface area contributed by atoms with Crippen LogP contribution in [0.2, 0.25) is 0 Å². The zero-order valence-electron chi connectivity index (χ0n) is 14.8. The first-order valence-corrected chi connectivity index (χ1v) is 8.94. The molecule has 2 aromatic rings. The van der Waals surface area contributed by atoms with Crippen LogP contribution < -0.4 is 10.6 Å². The average molecular weight is 389 g/mol. The first kappa shape index (κ1) is 20.2. The van der Waals surface area contributed by atoms with Crippen LogP contribution in [-0.4, -0.2) is 33.9 Å². The number of aryl methyl sites for hydroxylation is 1. The molecule has 0 saturated heterocycles. The van der Waals surface area contributed by atoms with Gasteiger partial charge in [-0.15, -0.1) is 0 Å². The number of thiophene rings is 1. The lowest BCUT2D eigenvalue weighted by Gasteiger charge is -2.24. The number of hydrogen-bond donors (Lipinski definition) is 3. The monoisotopic (exact) mass is 389 g/mol. The lowest BCUT2D eigenvalue weighted by atomic mass is 9.99. The molecule has 10 heteroatoms. The lowest BCUT2D eigenvalue weighted by molar-refractivity contribution is -0.142. The highest BCUT2D eigenvalue weighted by atomic mass is 32.1. The molecule has 26 heavy (non-hydrogen) atoms. The summed E-state index contributed by atoms with van der Waals surface area (Å²) < 4.78 is 40.1. The van der Waals surface area contributed by atoms with Crippen molar-refractivity contribution in [3.05, 3.63) is 39.8 Å². The second-order valence-corrected chi connectivity index (χ2v) is 6.79. The highest BCUT2D eigenvalue weighted by Gasteiger charge is 2.36. The third-order valence-corrected chi connectivity index (χ3v) is 4.35. The van der Waals surface area contributed by atoms with Gasteiger partial charge in [0.2, 0.25) is 0 Å². The van der Waals surface area contributed by atoms with Gasteiger partial charge in [0.1, 0.15) is 5.60 Å². The molecule has 0 aliphatic heterocycles. The maximum atomic E-state index is 13.0. The second-order valence-electron chi connectivity index (χ2n) is 6.01. The van der Waals surface area contributed by atoms with Gasteiger partial charge in [0.05, 0.1) is 13.1 Å². The molecule has 0 bridgehead atoms. The maximum Gasteiger partial charge on any atom is 0.435 e. The van der Waals surface area contributed by atoms with E-state index in [1.165, 1.54) is 24.6 Å². The first-order chi connectivity index (χ1) is 12.1. The van der Waals surface area contributed by atoms with Gasteiger partial charge in [0.25, 0.3) is 0 Å². The molecule has 2 aromatic heterocycles. The van der Waals surface area contributed by atoms with Gasteiger partial charge in [-0.05, 0) is 36.2 Å². The minimum Gasteiger partial charge on any atom is -0.384 e. The molecule has 3 N–H and O–H groups in total. The summed E-state index contributed by atoms with van der Waals surface area (Å²) >= 11 is 1.48. The van der Waals surface area contributed by atoms with Crippen LogP contribution in [0.15, 0.2) is 28.0 Å². The Morgan fingerprint density at radius 2 is 2.12 bits per heavy atom. The van der Waals surface area contributed by atoms with Gasteiger partial charge >= 0.3 is 6.18 Å². The zero-order valence-corrected chi connectivity index (χ0v) is 15.6. The summed E-state index contributed by atoms with van der Waals surface area (Å²) in [6, 6.07) is 1.82. The van der Waals surface area contributed by atoms with Crippen molar-refractivity contribution in [1.82, 2.24) is 20.4 Å². The Labute approximate surface area is 153 Å². The molecule has 0 spiro atoms. The van der Waals surface area contributed by atoms with Crippen molar-refractivity contribution >= 4 is 17.3 Å². The summed E-state index contributed by atoms with van der Waals surface area (Å²) in [6.45, 7) is 4.02. The van der Waals surface area contributed by atoms with Gasteiger partial charge in [0.15, 0.2) is 11.7 Å². The Kier molecular flexibility index (Phi) is 6.30. The summed E-state index contributed by atoms with van der Waals surface area (Å²) in [5, 5.41) is 23.6. The van der Waals surface area contributed by atoms with E-state index in [1.807, 2.05) is 23.8 Å². The van der Waals surface area contributed by atoms with E-state index in [0.29, 0.717) is 12.5 Å². The van der Waals surface area contributed by atoms with Crippen molar-refractivity contribution in [3.8, 4) is 0 Å². The predicted molar refractivity (Wildman–Crippen MR) is 94.9 cm³/mol. The summed E-state index contributed by atoms with van der Waals surface area (Å²) in [4.78, 5) is 4.19. The number of halogens is 3. The molecule has 0 aromatic carbocycles. The Bertz CT molecular complexity index is 738. The molecule has 6 nitrogen and oxygen atoms in total. The number of rotatable bonds is 6. The van der Waals surface area contributed by atoms with E-state index in [1.54, 1.807) is 6.92 Å². The van der Waals surface area contributed by atoms with Crippen LogP contribution >= 0.6 is 11.3 Å². The summed E-state index contributed by atoms with van der Waals surface area (Å²) in [7, 11) is 1.43. The van der Waals surface area contributed by atoms with Crippen LogP contribution in [0.25, 0.3) is 0 Å². The van der Waals surface area contributed by atoms with Crippen molar-refractivity contribution in [1.29, 1.82) is 0 Å². The van der Waals surface area contributed by atoms with E-state index >= 15 is 0 Å². The minimum atomic E-state index is -4.53. The van der Waals surface area contributed by atoms with E-state index in [0.717, 1.165) is 10.2 Å². The van der Waals surface area contributed by atoms with Gasteiger partial charge in [-0.3, -0.25) is 4.68 Å². The number of nitrogens with one attached hydrogen (secondary N) is 2. The predicted octanol–water partition coefficient (Wildman–Crippen LogP) is 2.46. The van der Waals surface area contributed by atoms with Crippen molar-refractivity contribution < 1.29 is 18.3 Å². The minimum absolute atomic E-state index is 0.0122. The summed E-state index contributed by atoms with van der Waals surface area (Å²) in [5.41, 5.74) is -1.31. The number of aliphatic imine (C=N–C) groups is 1. The molecule has 1 unspecified atom stereocenters.